The highest BCUT2D eigenvalue weighted by molar-refractivity contribution is 5.98. The Morgan fingerprint density at radius 2 is 1.58 bits per heavy atom. The molecule has 0 aliphatic carbocycles. The Hall–Kier alpha value is -2.82. The van der Waals surface area contributed by atoms with Gasteiger partial charge < -0.3 is 14.5 Å². The normalized spacial score (nSPS) is 14.3. The van der Waals surface area contributed by atoms with Gasteiger partial charge in [-0.3, -0.25) is 4.79 Å². The molecule has 3 rings (SSSR count). The van der Waals surface area contributed by atoms with E-state index >= 15 is 0 Å². The SMILES string of the molecule is COC(=O)c1cccc(C(=O)N2CCN(c3cccc(C)c3C)CC2)c1. The van der Waals surface area contributed by atoms with E-state index < -0.39 is 5.97 Å². The Morgan fingerprint density at radius 1 is 0.923 bits per heavy atom. The van der Waals surface area contributed by atoms with E-state index in [1.807, 2.05) is 4.90 Å². The van der Waals surface area contributed by atoms with Crippen LogP contribution in [0.4, 0.5) is 5.69 Å². The van der Waals surface area contributed by atoms with Crippen LogP contribution in [-0.4, -0.2) is 50.1 Å². The van der Waals surface area contributed by atoms with Crippen LogP contribution < -0.4 is 4.90 Å². The summed E-state index contributed by atoms with van der Waals surface area (Å²) in [7, 11) is 1.34. The summed E-state index contributed by atoms with van der Waals surface area (Å²) in [4.78, 5) is 28.6. The van der Waals surface area contributed by atoms with Gasteiger partial charge in [-0.25, -0.2) is 4.79 Å². The molecule has 5 nitrogen and oxygen atoms in total. The summed E-state index contributed by atoms with van der Waals surface area (Å²) >= 11 is 0. The fraction of sp³-hybridized carbons (Fsp3) is 0.333. The number of ether oxygens (including phenoxy) is 1. The smallest absolute Gasteiger partial charge is 0.337 e. The second kappa shape index (κ2) is 7.60. The van der Waals surface area contributed by atoms with Crippen molar-refractivity contribution >= 4 is 17.6 Å². The first-order valence-electron chi connectivity index (χ1n) is 8.80. The molecule has 0 aromatic heterocycles. The number of amides is 1. The second-order valence-corrected chi connectivity index (χ2v) is 6.57. The van der Waals surface area contributed by atoms with Crippen LogP contribution >= 0.6 is 0 Å². The average molecular weight is 352 g/mol. The van der Waals surface area contributed by atoms with Crippen LogP contribution in [0.2, 0.25) is 0 Å². The number of nitrogens with zero attached hydrogens (tertiary/aromatic N) is 2. The fourth-order valence-corrected chi connectivity index (χ4v) is 3.31. The van der Waals surface area contributed by atoms with Gasteiger partial charge in [0.15, 0.2) is 0 Å². The molecule has 0 bridgehead atoms. The van der Waals surface area contributed by atoms with Crippen molar-refractivity contribution < 1.29 is 14.3 Å². The van der Waals surface area contributed by atoms with Gasteiger partial charge in [0.2, 0.25) is 0 Å². The van der Waals surface area contributed by atoms with Crippen LogP contribution in [0.25, 0.3) is 0 Å². The summed E-state index contributed by atoms with van der Waals surface area (Å²) < 4.78 is 4.73. The van der Waals surface area contributed by atoms with Gasteiger partial charge in [0.25, 0.3) is 5.91 Å². The van der Waals surface area contributed by atoms with Gasteiger partial charge in [-0.2, -0.15) is 0 Å². The zero-order valence-electron chi connectivity index (χ0n) is 15.5. The number of esters is 1. The summed E-state index contributed by atoms with van der Waals surface area (Å²) in [6.07, 6.45) is 0. The highest BCUT2D eigenvalue weighted by atomic mass is 16.5. The molecule has 136 valence electrons. The Balaban J connectivity index is 1.69. The topological polar surface area (TPSA) is 49.9 Å². The standard InChI is InChI=1S/C21H24N2O3/c1-15-6-4-9-19(16(15)2)22-10-12-23(13-11-22)20(24)17-7-5-8-18(14-17)21(25)26-3/h4-9,14H,10-13H2,1-3H3. The first-order chi connectivity index (χ1) is 12.5. The van der Waals surface area contributed by atoms with E-state index in [4.69, 9.17) is 4.74 Å². The van der Waals surface area contributed by atoms with Gasteiger partial charge in [-0.15, -0.1) is 0 Å². The number of hydrogen-bond donors (Lipinski definition) is 0. The van der Waals surface area contributed by atoms with E-state index in [2.05, 4.69) is 36.9 Å². The molecule has 26 heavy (non-hydrogen) atoms. The minimum atomic E-state index is -0.431. The third-order valence-electron chi connectivity index (χ3n) is 5.01. The first-order valence-corrected chi connectivity index (χ1v) is 8.80. The maximum Gasteiger partial charge on any atom is 0.337 e. The molecule has 1 aliphatic rings. The fourth-order valence-electron chi connectivity index (χ4n) is 3.31. The van der Waals surface area contributed by atoms with Crippen molar-refractivity contribution in [2.75, 3.05) is 38.2 Å². The van der Waals surface area contributed by atoms with Crippen LogP contribution in [0.3, 0.4) is 0 Å². The second-order valence-electron chi connectivity index (χ2n) is 6.57. The lowest BCUT2D eigenvalue weighted by Gasteiger charge is -2.37. The van der Waals surface area contributed by atoms with Crippen molar-refractivity contribution in [2.24, 2.45) is 0 Å². The number of methoxy groups -OCH3 is 1. The molecular weight excluding hydrogens is 328 g/mol. The molecule has 2 aromatic carbocycles. The van der Waals surface area contributed by atoms with Gasteiger partial charge in [-0.05, 0) is 49.2 Å². The van der Waals surface area contributed by atoms with Gasteiger partial charge in [-0.1, -0.05) is 18.2 Å². The Labute approximate surface area is 154 Å². The number of carbonyl (C=O) groups excluding carboxylic acids is 2. The van der Waals surface area contributed by atoms with E-state index in [0.717, 1.165) is 13.1 Å². The van der Waals surface area contributed by atoms with Gasteiger partial charge in [0.05, 0.1) is 12.7 Å². The molecular formula is C21H24N2O3. The summed E-state index contributed by atoms with van der Waals surface area (Å²) in [5, 5.41) is 0. The Morgan fingerprint density at radius 3 is 2.27 bits per heavy atom. The number of aryl methyl sites for hydroxylation is 1. The maximum absolute atomic E-state index is 12.8. The molecule has 1 amide bonds. The molecule has 0 atom stereocenters. The molecule has 0 radical (unpaired) electrons. The molecule has 1 aliphatic heterocycles. The van der Waals surface area contributed by atoms with E-state index in [-0.39, 0.29) is 5.91 Å². The Bertz CT molecular complexity index is 824. The Kier molecular flexibility index (Phi) is 5.26. The van der Waals surface area contributed by atoms with Crippen molar-refractivity contribution in [3.63, 3.8) is 0 Å². The molecule has 2 aromatic rings. The number of anilines is 1. The molecule has 0 saturated carbocycles. The number of hydrogen-bond acceptors (Lipinski definition) is 4. The molecule has 1 fully saturated rings. The summed E-state index contributed by atoms with van der Waals surface area (Å²) in [6.45, 7) is 7.18. The number of carbonyl (C=O) groups is 2. The monoisotopic (exact) mass is 352 g/mol. The highest BCUT2D eigenvalue weighted by Gasteiger charge is 2.23. The van der Waals surface area contributed by atoms with Crippen LogP contribution in [0.1, 0.15) is 31.8 Å². The average Bonchev–Trinajstić information content (AvgIpc) is 2.69. The number of rotatable bonds is 3. The predicted molar refractivity (Wildman–Crippen MR) is 102 cm³/mol. The maximum atomic E-state index is 12.8. The minimum Gasteiger partial charge on any atom is -0.465 e. The lowest BCUT2D eigenvalue weighted by atomic mass is 10.1. The first kappa shape index (κ1) is 18.0. The quantitative estimate of drug-likeness (QED) is 0.797. The van der Waals surface area contributed by atoms with Crippen LogP contribution in [0, 0.1) is 13.8 Å². The summed E-state index contributed by atoms with van der Waals surface area (Å²) in [5.74, 6) is -0.476. The van der Waals surface area contributed by atoms with Crippen LogP contribution in [0.15, 0.2) is 42.5 Å². The third kappa shape index (κ3) is 3.57. The number of piperazine rings is 1. The van der Waals surface area contributed by atoms with E-state index in [0.29, 0.717) is 24.2 Å². The van der Waals surface area contributed by atoms with Crippen molar-refractivity contribution in [3.8, 4) is 0 Å². The molecule has 0 unspecified atom stereocenters. The zero-order valence-corrected chi connectivity index (χ0v) is 15.5. The third-order valence-corrected chi connectivity index (χ3v) is 5.01. The van der Waals surface area contributed by atoms with E-state index in [1.54, 1.807) is 24.3 Å². The summed E-state index contributed by atoms with van der Waals surface area (Å²) in [5.41, 5.74) is 4.73. The lowest BCUT2D eigenvalue weighted by Crippen LogP contribution is -2.49. The van der Waals surface area contributed by atoms with Crippen molar-refractivity contribution in [3.05, 3.63) is 64.7 Å². The van der Waals surface area contributed by atoms with Gasteiger partial charge in [0.1, 0.15) is 0 Å². The summed E-state index contributed by atoms with van der Waals surface area (Å²) in [6, 6.07) is 13.0. The van der Waals surface area contributed by atoms with Crippen molar-refractivity contribution in [2.45, 2.75) is 13.8 Å². The van der Waals surface area contributed by atoms with Crippen molar-refractivity contribution in [1.29, 1.82) is 0 Å². The minimum absolute atomic E-state index is 0.0450. The molecule has 0 N–H and O–H groups in total. The van der Waals surface area contributed by atoms with Gasteiger partial charge >= 0.3 is 5.97 Å². The van der Waals surface area contributed by atoms with Crippen LogP contribution in [0.5, 0.6) is 0 Å². The molecule has 0 spiro atoms. The lowest BCUT2D eigenvalue weighted by molar-refractivity contribution is 0.0600. The molecule has 1 heterocycles. The van der Waals surface area contributed by atoms with Crippen LogP contribution in [-0.2, 0) is 4.74 Å². The van der Waals surface area contributed by atoms with E-state index in [1.165, 1.54) is 23.9 Å². The van der Waals surface area contributed by atoms with E-state index in [9.17, 15) is 9.59 Å². The molecule has 5 heteroatoms. The number of benzene rings is 2. The highest BCUT2D eigenvalue weighted by Crippen LogP contribution is 2.24. The predicted octanol–water partition coefficient (Wildman–Crippen LogP) is 3.05. The largest absolute Gasteiger partial charge is 0.465 e. The van der Waals surface area contributed by atoms with Gasteiger partial charge in [0, 0.05) is 37.4 Å². The zero-order chi connectivity index (χ0) is 18.7. The van der Waals surface area contributed by atoms with Crippen molar-refractivity contribution in [1.82, 2.24) is 4.90 Å². The molecule has 1 saturated heterocycles.